The van der Waals surface area contributed by atoms with Gasteiger partial charge < -0.3 is 19.7 Å². The Kier molecular flexibility index (Phi) is 9.51. The lowest BCUT2D eigenvalue weighted by Crippen LogP contribution is -2.48. The van der Waals surface area contributed by atoms with Crippen LogP contribution in [-0.4, -0.2) is 36.4 Å². The number of methoxy groups -OCH3 is 2. The van der Waals surface area contributed by atoms with E-state index in [1.54, 1.807) is 38.5 Å². The third-order valence-electron chi connectivity index (χ3n) is 16.5. The molecule has 14 rings (SSSR count). The van der Waals surface area contributed by atoms with Gasteiger partial charge in [0.2, 0.25) is 0 Å². The van der Waals surface area contributed by atoms with E-state index in [-0.39, 0.29) is 10.8 Å². The maximum Gasteiger partial charge on any atom is 0.335 e. The summed E-state index contributed by atoms with van der Waals surface area (Å²) >= 11 is 0. The average Bonchev–Trinajstić information content (AvgIpc) is 3.27. The van der Waals surface area contributed by atoms with Crippen molar-refractivity contribution in [1.82, 2.24) is 0 Å². The van der Waals surface area contributed by atoms with E-state index in [1.165, 1.54) is 110 Å². The molecule has 8 fully saturated rings. The predicted octanol–water partition coefficient (Wildman–Crippen LogP) is 13.4. The van der Waals surface area contributed by atoms with Gasteiger partial charge in [-0.05, 0) is 228 Å². The van der Waals surface area contributed by atoms with Crippen molar-refractivity contribution in [2.45, 2.75) is 87.9 Å². The second-order valence-electron chi connectivity index (χ2n) is 20.4. The molecule has 0 atom stereocenters. The summed E-state index contributed by atoms with van der Waals surface area (Å²) in [6, 6.07) is 36.7. The second kappa shape index (κ2) is 15.0. The average molecular weight is 825 g/mol. The quantitative estimate of drug-likeness (QED) is 0.159. The van der Waals surface area contributed by atoms with E-state index in [0.717, 1.165) is 68.6 Å². The van der Waals surface area contributed by atoms with Crippen LogP contribution in [0.3, 0.4) is 0 Å². The summed E-state index contributed by atoms with van der Waals surface area (Å²) < 4.78 is 11.8. The van der Waals surface area contributed by atoms with Crippen molar-refractivity contribution in [3.63, 3.8) is 0 Å². The Hall–Kier alpha value is -5.62. The second-order valence-corrected chi connectivity index (χ2v) is 20.4. The van der Waals surface area contributed by atoms with Crippen LogP contribution in [-0.2, 0) is 10.8 Å². The lowest BCUT2D eigenvalue weighted by molar-refractivity contribution is -0.00627. The highest BCUT2D eigenvalue weighted by molar-refractivity contribution is 5.97. The molecule has 0 saturated heterocycles. The first-order valence-corrected chi connectivity index (χ1v) is 23.0. The van der Waals surface area contributed by atoms with E-state index in [1.807, 2.05) is 24.3 Å². The zero-order chi connectivity index (χ0) is 42.3. The third kappa shape index (κ3) is 6.85. The van der Waals surface area contributed by atoms with Gasteiger partial charge in [0, 0.05) is 11.1 Å². The molecule has 0 amide bonds. The zero-order valence-electron chi connectivity index (χ0n) is 35.9. The van der Waals surface area contributed by atoms with Crippen molar-refractivity contribution >= 4 is 33.5 Å². The molecule has 0 radical (unpaired) electrons. The highest BCUT2D eigenvalue weighted by Crippen LogP contribution is 2.63. The fourth-order valence-electron chi connectivity index (χ4n) is 14.6. The standard InChI is InChI=1S/2C28H28O3/c2*1-31-26-7-6-23(21-2-3-22-12-24(27(29)30)5-4-20(22)11-21)13-25(26)28-14-17-8-18(15-28)10-19(9-17)16-28/h2*2-7,11-13,17-19H,8-10,14-16H2,1H3,(H,29,30). The lowest BCUT2D eigenvalue weighted by Gasteiger charge is -2.57. The molecule has 0 aliphatic heterocycles. The predicted molar refractivity (Wildman–Crippen MR) is 245 cm³/mol. The molecule has 316 valence electrons. The van der Waals surface area contributed by atoms with Gasteiger partial charge in [-0.3, -0.25) is 0 Å². The molecule has 6 nitrogen and oxygen atoms in total. The van der Waals surface area contributed by atoms with Crippen molar-refractivity contribution in [2.24, 2.45) is 35.5 Å². The van der Waals surface area contributed by atoms with Crippen LogP contribution in [0.15, 0.2) is 109 Å². The summed E-state index contributed by atoms with van der Waals surface area (Å²) in [5.74, 6) is 5.66. The summed E-state index contributed by atoms with van der Waals surface area (Å²) in [4.78, 5) is 22.6. The Bertz CT molecular complexity index is 2500. The van der Waals surface area contributed by atoms with Gasteiger partial charge in [0.15, 0.2) is 0 Å². The molecule has 0 spiro atoms. The summed E-state index contributed by atoms with van der Waals surface area (Å²) in [7, 11) is 3.60. The van der Waals surface area contributed by atoms with Crippen LogP contribution in [0.4, 0.5) is 0 Å². The molecule has 0 unspecified atom stereocenters. The molecule has 2 N–H and O–H groups in total. The van der Waals surface area contributed by atoms with Gasteiger partial charge in [0.05, 0.1) is 25.3 Å². The normalized spacial score (nSPS) is 28.7. The summed E-state index contributed by atoms with van der Waals surface area (Å²) in [5, 5.41) is 22.6. The van der Waals surface area contributed by atoms with Gasteiger partial charge in [-0.15, -0.1) is 0 Å². The number of hydrogen-bond acceptors (Lipinski definition) is 4. The lowest BCUT2D eigenvalue weighted by atomic mass is 9.48. The van der Waals surface area contributed by atoms with Gasteiger partial charge in [-0.25, -0.2) is 9.59 Å². The van der Waals surface area contributed by atoms with Crippen LogP contribution < -0.4 is 9.47 Å². The summed E-state index contributed by atoms with van der Waals surface area (Å²) in [6.45, 7) is 0. The van der Waals surface area contributed by atoms with Crippen molar-refractivity contribution in [3.05, 3.63) is 131 Å². The van der Waals surface area contributed by atoms with E-state index in [2.05, 4.69) is 60.7 Å². The first-order chi connectivity index (χ1) is 30.1. The fraction of sp³-hybridized carbons (Fsp3) is 0.393. The Morgan fingerprint density at radius 3 is 1.03 bits per heavy atom. The van der Waals surface area contributed by atoms with Crippen molar-refractivity contribution in [2.75, 3.05) is 14.2 Å². The Morgan fingerprint density at radius 1 is 0.419 bits per heavy atom. The molecule has 6 aromatic rings. The highest BCUT2D eigenvalue weighted by Gasteiger charge is 2.54. The van der Waals surface area contributed by atoms with Gasteiger partial charge in [0.1, 0.15) is 11.5 Å². The van der Waals surface area contributed by atoms with Crippen LogP contribution in [0.5, 0.6) is 11.5 Å². The molecular weight excluding hydrogens is 769 g/mol. The first-order valence-electron chi connectivity index (χ1n) is 23.0. The molecule has 6 aromatic carbocycles. The Balaban J connectivity index is 0.000000139. The maximum absolute atomic E-state index is 11.3. The number of benzene rings is 6. The van der Waals surface area contributed by atoms with Crippen LogP contribution in [0.25, 0.3) is 43.8 Å². The van der Waals surface area contributed by atoms with Crippen molar-refractivity contribution < 1.29 is 29.3 Å². The Morgan fingerprint density at radius 2 is 0.710 bits per heavy atom. The van der Waals surface area contributed by atoms with E-state index < -0.39 is 11.9 Å². The molecule has 8 aliphatic rings. The number of ether oxygens (including phenoxy) is 2. The molecular formula is C56H56O6. The number of carbonyl (C=O) groups is 2. The largest absolute Gasteiger partial charge is 0.496 e. The molecule has 8 saturated carbocycles. The number of aromatic carboxylic acids is 2. The summed E-state index contributed by atoms with van der Waals surface area (Å²) in [5.41, 5.74) is 8.82. The van der Waals surface area contributed by atoms with E-state index in [9.17, 15) is 19.8 Å². The van der Waals surface area contributed by atoms with Crippen molar-refractivity contribution in [3.8, 4) is 33.8 Å². The number of carboxylic acid groups (broad SMARTS) is 2. The van der Waals surface area contributed by atoms with Gasteiger partial charge in [-0.2, -0.15) is 0 Å². The third-order valence-corrected chi connectivity index (χ3v) is 16.5. The van der Waals surface area contributed by atoms with Crippen LogP contribution in [0.2, 0.25) is 0 Å². The van der Waals surface area contributed by atoms with Gasteiger partial charge in [-0.1, -0.05) is 48.5 Å². The monoisotopic (exact) mass is 824 g/mol. The first kappa shape index (κ1) is 39.2. The van der Waals surface area contributed by atoms with Crippen molar-refractivity contribution in [1.29, 1.82) is 0 Å². The number of carboxylic acids is 2. The maximum atomic E-state index is 11.3. The topological polar surface area (TPSA) is 93.1 Å². The number of fused-ring (bicyclic) bond motifs is 2. The zero-order valence-corrected chi connectivity index (χ0v) is 35.9. The van der Waals surface area contributed by atoms with Crippen LogP contribution in [0, 0.1) is 35.5 Å². The van der Waals surface area contributed by atoms with Crippen LogP contribution in [0.1, 0.15) is 109 Å². The highest BCUT2D eigenvalue weighted by atomic mass is 16.5. The molecule has 6 heteroatoms. The van der Waals surface area contributed by atoms with E-state index >= 15 is 0 Å². The van der Waals surface area contributed by atoms with Crippen LogP contribution >= 0.6 is 0 Å². The SMILES string of the molecule is COc1ccc(-c2ccc3cc(C(=O)O)ccc3c2)cc1C12CC3CC(CC(C3)C1)C2.COc1ccc(-c2ccc3cc(C(=O)O)ccc3c2)cc1C12CC3CC(CC(C3)C1)C2. The fourth-order valence-corrected chi connectivity index (χ4v) is 14.6. The molecule has 8 aliphatic carbocycles. The van der Waals surface area contributed by atoms with Gasteiger partial charge in [0.25, 0.3) is 0 Å². The minimum absolute atomic E-state index is 0.281. The van der Waals surface area contributed by atoms with Gasteiger partial charge >= 0.3 is 11.9 Å². The molecule has 8 bridgehead atoms. The minimum atomic E-state index is -0.888. The summed E-state index contributed by atoms with van der Waals surface area (Å²) in [6.07, 6.45) is 16.5. The van der Waals surface area contributed by atoms with E-state index in [0.29, 0.717) is 11.1 Å². The number of rotatable bonds is 8. The molecule has 0 aromatic heterocycles. The molecule has 0 heterocycles. The molecule has 62 heavy (non-hydrogen) atoms. The van der Waals surface area contributed by atoms with E-state index in [4.69, 9.17) is 9.47 Å². The minimum Gasteiger partial charge on any atom is -0.496 e. The number of hydrogen-bond donors (Lipinski definition) is 2. The smallest absolute Gasteiger partial charge is 0.335 e. The Labute approximate surface area is 364 Å².